The molecule has 0 aliphatic carbocycles. The molecule has 1 saturated heterocycles. The number of hydrogen-bond acceptors (Lipinski definition) is 2. The number of carbonyl (C=O) groups excluding carboxylic acids is 1. The highest BCUT2D eigenvalue weighted by Gasteiger charge is 2.18. The fourth-order valence-electron chi connectivity index (χ4n) is 1.79. The average molecular weight is 196 g/mol. The lowest BCUT2D eigenvalue weighted by Crippen LogP contribution is -2.44. The lowest BCUT2D eigenvalue weighted by Gasteiger charge is -2.31. The molecule has 1 fully saturated rings. The Morgan fingerprint density at radius 2 is 2.14 bits per heavy atom. The van der Waals surface area contributed by atoms with Gasteiger partial charge in [0.05, 0.1) is 0 Å². The lowest BCUT2D eigenvalue weighted by molar-refractivity contribution is -0.117. The number of rotatable bonds is 3. The van der Waals surface area contributed by atoms with Gasteiger partial charge in [-0.15, -0.1) is 0 Å². The van der Waals surface area contributed by atoms with Crippen molar-refractivity contribution in [2.24, 2.45) is 0 Å². The molecular formula is C11H20N2O. The Bertz CT molecular complexity index is 205. The number of piperidine rings is 1. The Kier molecular flexibility index (Phi) is 4.66. The maximum absolute atomic E-state index is 11.3. The first-order chi connectivity index (χ1) is 6.76. The molecule has 3 nitrogen and oxygen atoms in total. The van der Waals surface area contributed by atoms with E-state index >= 15 is 0 Å². The van der Waals surface area contributed by atoms with Crippen LogP contribution in [-0.2, 0) is 4.79 Å². The third kappa shape index (κ3) is 3.50. The largest absolute Gasteiger partial charge is 0.350 e. The van der Waals surface area contributed by atoms with Crippen molar-refractivity contribution in [2.75, 3.05) is 19.6 Å². The molecule has 14 heavy (non-hydrogen) atoms. The van der Waals surface area contributed by atoms with Crippen molar-refractivity contribution in [3.05, 3.63) is 12.2 Å². The fraction of sp³-hybridized carbons (Fsp3) is 0.727. The zero-order valence-electron chi connectivity index (χ0n) is 9.12. The van der Waals surface area contributed by atoms with E-state index in [-0.39, 0.29) is 5.91 Å². The van der Waals surface area contributed by atoms with E-state index in [0.717, 1.165) is 32.5 Å². The van der Waals surface area contributed by atoms with Crippen LogP contribution in [0.5, 0.6) is 0 Å². The van der Waals surface area contributed by atoms with Crippen molar-refractivity contribution in [3.63, 3.8) is 0 Å². The third-order valence-corrected chi connectivity index (χ3v) is 2.70. The van der Waals surface area contributed by atoms with E-state index in [9.17, 15) is 4.79 Å². The molecule has 1 aliphatic rings. The van der Waals surface area contributed by atoms with Gasteiger partial charge in [0, 0.05) is 19.1 Å². The quantitative estimate of drug-likeness (QED) is 0.687. The zero-order valence-corrected chi connectivity index (χ0v) is 9.12. The van der Waals surface area contributed by atoms with E-state index in [1.54, 1.807) is 12.2 Å². The summed E-state index contributed by atoms with van der Waals surface area (Å²) in [4.78, 5) is 13.7. The van der Waals surface area contributed by atoms with Crippen LogP contribution in [0.3, 0.4) is 0 Å². The molecule has 0 aromatic carbocycles. The maximum atomic E-state index is 11.3. The molecule has 0 bridgehead atoms. The van der Waals surface area contributed by atoms with Crippen molar-refractivity contribution in [1.82, 2.24) is 10.2 Å². The highest BCUT2D eigenvalue weighted by molar-refractivity contribution is 5.87. The molecular weight excluding hydrogens is 176 g/mol. The van der Waals surface area contributed by atoms with Gasteiger partial charge in [0.25, 0.3) is 0 Å². The highest BCUT2D eigenvalue weighted by Crippen LogP contribution is 2.09. The van der Waals surface area contributed by atoms with Crippen LogP contribution in [0, 0.1) is 0 Å². The van der Waals surface area contributed by atoms with Gasteiger partial charge in [0.2, 0.25) is 5.91 Å². The van der Waals surface area contributed by atoms with Gasteiger partial charge in [-0.1, -0.05) is 13.0 Å². The van der Waals surface area contributed by atoms with Crippen molar-refractivity contribution in [2.45, 2.75) is 32.7 Å². The van der Waals surface area contributed by atoms with E-state index in [0.29, 0.717) is 6.04 Å². The minimum absolute atomic E-state index is 0.0439. The fourth-order valence-corrected chi connectivity index (χ4v) is 1.79. The summed E-state index contributed by atoms with van der Waals surface area (Å²) in [6, 6.07) is 0.376. The van der Waals surface area contributed by atoms with Gasteiger partial charge >= 0.3 is 0 Å². The van der Waals surface area contributed by atoms with Gasteiger partial charge in [-0.25, -0.2) is 0 Å². The molecule has 0 aromatic rings. The molecule has 1 N–H and O–H groups in total. The van der Waals surface area contributed by atoms with Crippen molar-refractivity contribution < 1.29 is 4.79 Å². The number of likely N-dealkylation sites (tertiary alicyclic amines) is 1. The molecule has 0 aromatic heterocycles. The van der Waals surface area contributed by atoms with Gasteiger partial charge in [-0.3, -0.25) is 4.79 Å². The normalized spacial score (nSPS) is 20.1. The van der Waals surface area contributed by atoms with Crippen LogP contribution in [0.15, 0.2) is 12.2 Å². The van der Waals surface area contributed by atoms with Crippen LogP contribution in [0.1, 0.15) is 26.7 Å². The summed E-state index contributed by atoms with van der Waals surface area (Å²) in [5.41, 5.74) is 0. The lowest BCUT2D eigenvalue weighted by atomic mass is 10.1. The number of hydrogen-bond donors (Lipinski definition) is 1. The standard InChI is InChI=1S/C11H20N2O/c1-3-5-11(14)12-10-6-8-13(4-2)9-7-10/h3,5,10H,4,6-9H2,1-2H3,(H,12,14). The summed E-state index contributed by atoms with van der Waals surface area (Å²) in [7, 11) is 0. The predicted molar refractivity (Wildman–Crippen MR) is 58.1 cm³/mol. The molecule has 0 unspecified atom stereocenters. The van der Waals surface area contributed by atoms with Gasteiger partial charge in [-0.05, 0) is 32.4 Å². The zero-order chi connectivity index (χ0) is 10.4. The van der Waals surface area contributed by atoms with Crippen LogP contribution >= 0.6 is 0 Å². The van der Waals surface area contributed by atoms with Gasteiger partial charge in [0.1, 0.15) is 0 Å². The van der Waals surface area contributed by atoms with Gasteiger partial charge in [-0.2, -0.15) is 0 Å². The minimum atomic E-state index is 0.0439. The Labute approximate surface area is 86.2 Å². The monoisotopic (exact) mass is 196 g/mol. The van der Waals surface area contributed by atoms with Gasteiger partial charge in [0.15, 0.2) is 0 Å². The second kappa shape index (κ2) is 5.81. The van der Waals surface area contributed by atoms with Crippen molar-refractivity contribution in [1.29, 1.82) is 0 Å². The molecule has 0 saturated carbocycles. The molecule has 80 valence electrons. The Hall–Kier alpha value is -0.830. The number of allylic oxidation sites excluding steroid dienone is 1. The maximum Gasteiger partial charge on any atom is 0.243 e. The summed E-state index contributed by atoms with van der Waals surface area (Å²) in [6.45, 7) is 7.38. The third-order valence-electron chi connectivity index (χ3n) is 2.70. The molecule has 3 heteroatoms. The summed E-state index contributed by atoms with van der Waals surface area (Å²) in [6.07, 6.45) is 5.52. The molecule has 1 rings (SSSR count). The Morgan fingerprint density at radius 1 is 1.50 bits per heavy atom. The van der Waals surface area contributed by atoms with Crippen LogP contribution < -0.4 is 5.32 Å². The number of carbonyl (C=O) groups is 1. The van der Waals surface area contributed by atoms with Crippen LogP contribution in [0.25, 0.3) is 0 Å². The van der Waals surface area contributed by atoms with Crippen molar-refractivity contribution in [3.8, 4) is 0 Å². The molecule has 0 radical (unpaired) electrons. The first kappa shape index (κ1) is 11.2. The number of nitrogens with zero attached hydrogens (tertiary/aromatic N) is 1. The first-order valence-corrected chi connectivity index (χ1v) is 5.41. The van der Waals surface area contributed by atoms with E-state index in [1.165, 1.54) is 0 Å². The van der Waals surface area contributed by atoms with E-state index < -0.39 is 0 Å². The van der Waals surface area contributed by atoms with Crippen LogP contribution in [0.2, 0.25) is 0 Å². The SMILES string of the molecule is CC=CC(=O)NC1CCN(CC)CC1. The number of nitrogens with one attached hydrogen (secondary N) is 1. The summed E-state index contributed by atoms with van der Waals surface area (Å²) >= 11 is 0. The summed E-state index contributed by atoms with van der Waals surface area (Å²) < 4.78 is 0. The summed E-state index contributed by atoms with van der Waals surface area (Å²) in [5, 5.41) is 3.01. The molecule has 1 heterocycles. The molecule has 0 spiro atoms. The second-order valence-electron chi connectivity index (χ2n) is 3.72. The van der Waals surface area contributed by atoms with Crippen LogP contribution in [-0.4, -0.2) is 36.5 Å². The molecule has 1 aliphatic heterocycles. The Morgan fingerprint density at radius 3 is 2.64 bits per heavy atom. The minimum Gasteiger partial charge on any atom is -0.350 e. The Balaban J connectivity index is 2.25. The molecule has 0 atom stereocenters. The first-order valence-electron chi connectivity index (χ1n) is 5.41. The van der Waals surface area contributed by atoms with Crippen LogP contribution in [0.4, 0.5) is 0 Å². The highest BCUT2D eigenvalue weighted by atomic mass is 16.1. The smallest absolute Gasteiger partial charge is 0.243 e. The predicted octanol–water partition coefficient (Wildman–Crippen LogP) is 1.16. The van der Waals surface area contributed by atoms with E-state index in [4.69, 9.17) is 0 Å². The summed E-state index contributed by atoms with van der Waals surface area (Å²) in [5.74, 6) is 0.0439. The van der Waals surface area contributed by atoms with E-state index in [1.807, 2.05) is 6.92 Å². The topological polar surface area (TPSA) is 32.3 Å². The number of amides is 1. The second-order valence-corrected chi connectivity index (χ2v) is 3.72. The molecule has 1 amide bonds. The van der Waals surface area contributed by atoms with Gasteiger partial charge < -0.3 is 10.2 Å². The average Bonchev–Trinajstić information content (AvgIpc) is 2.19. The van der Waals surface area contributed by atoms with E-state index in [2.05, 4.69) is 17.1 Å². The van der Waals surface area contributed by atoms with Crippen molar-refractivity contribution >= 4 is 5.91 Å².